The number of hydrogen-bond acceptors (Lipinski definition) is 4. The largest absolute Gasteiger partial charge is 0.349 e. The van der Waals surface area contributed by atoms with E-state index in [9.17, 15) is 0 Å². The highest BCUT2D eigenvalue weighted by molar-refractivity contribution is 5.39. The van der Waals surface area contributed by atoms with Crippen molar-refractivity contribution in [3.8, 4) is 18.0 Å². The number of anilines is 1. The summed E-state index contributed by atoms with van der Waals surface area (Å²) in [5, 5.41) is 14.9. The molecule has 1 aromatic heterocycles. The molecule has 1 aromatic carbocycles. The Morgan fingerprint density at radius 1 is 1.39 bits per heavy atom. The molecule has 5 nitrogen and oxygen atoms in total. The zero-order valence-electron chi connectivity index (χ0n) is 10.2. The van der Waals surface area contributed by atoms with E-state index in [0.717, 1.165) is 12.1 Å². The smallest absolute Gasteiger partial charge is 0.248 e. The van der Waals surface area contributed by atoms with Crippen LogP contribution in [-0.2, 0) is 0 Å². The number of hydrogen-bond donors (Lipinski definition) is 1. The van der Waals surface area contributed by atoms with Gasteiger partial charge in [-0.05, 0) is 29.0 Å². The number of benzene rings is 1. The minimum atomic E-state index is 0.184. The van der Waals surface area contributed by atoms with Crippen LogP contribution in [0.15, 0.2) is 30.3 Å². The Hall–Kier alpha value is -2.35. The second kappa shape index (κ2) is 5.82. The fraction of sp³-hybridized carbons (Fsp3) is 0.308. The van der Waals surface area contributed by atoms with Gasteiger partial charge in [0.2, 0.25) is 5.95 Å². The Morgan fingerprint density at radius 2 is 2.17 bits per heavy atom. The van der Waals surface area contributed by atoms with Gasteiger partial charge in [0.05, 0.1) is 5.69 Å². The normalized spacial score (nSPS) is 11.8. The summed E-state index contributed by atoms with van der Waals surface area (Å²) >= 11 is 0. The van der Waals surface area contributed by atoms with Crippen molar-refractivity contribution >= 4 is 5.95 Å². The molecule has 5 heteroatoms. The van der Waals surface area contributed by atoms with Gasteiger partial charge in [0, 0.05) is 12.5 Å². The molecule has 92 valence electrons. The van der Waals surface area contributed by atoms with Crippen LogP contribution in [0.5, 0.6) is 0 Å². The molecule has 1 N–H and O–H groups in total. The molecule has 2 aromatic rings. The maximum absolute atomic E-state index is 5.33. The summed E-state index contributed by atoms with van der Waals surface area (Å²) < 4.78 is 1.67. The van der Waals surface area contributed by atoms with Crippen molar-refractivity contribution in [2.24, 2.45) is 0 Å². The summed E-state index contributed by atoms with van der Waals surface area (Å²) in [5.41, 5.74) is 0.917. The molecule has 1 unspecified atom stereocenters. The van der Waals surface area contributed by atoms with E-state index in [4.69, 9.17) is 6.42 Å². The lowest BCUT2D eigenvalue weighted by molar-refractivity contribution is 0.698. The fourth-order valence-corrected chi connectivity index (χ4v) is 1.64. The highest BCUT2D eigenvalue weighted by Gasteiger charge is 2.11. The van der Waals surface area contributed by atoms with Gasteiger partial charge in [-0.15, -0.1) is 12.3 Å². The van der Waals surface area contributed by atoms with E-state index in [2.05, 4.69) is 33.7 Å². The van der Waals surface area contributed by atoms with Crippen molar-refractivity contribution < 1.29 is 0 Å². The number of aromatic nitrogens is 4. The van der Waals surface area contributed by atoms with E-state index < -0.39 is 0 Å². The molecule has 0 saturated carbocycles. The van der Waals surface area contributed by atoms with Crippen molar-refractivity contribution in [3.63, 3.8) is 0 Å². The molecule has 0 amide bonds. The summed E-state index contributed by atoms with van der Waals surface area (Å²) in [6, 6.07) is 9.92. The number of nitrogens with one attached hydrogen (secondary N) is 1. The number of tetrazole rings is 1. The number of rotatable bonds is 5. The zero-order valence-corrected chi connectivity index (χ0v) is 10.2. The number of terminal acetylenes is 1. The first-order valence-electron chi connectivity index (χ1n) is 5.89. The monoisotopic (exact) mass is 241 g/mol. The molecule has 0 aliphatic rings. The standard InChI is InChI=1S/C13H15N5/c1-3-8-11(4-2)14-13-15-16-17-18(13)12-9-6-5-7-10-12/h1,5-7,9-11H,4,8H2,2H3,(H,14,15,17). The van der Waals surface area contributed by atoms with Crippen molar-refractivity contribution in [2.75, 3.05) is 5.32 Å². The van der Waals surface area contributed by atoms with Gasteiger partial charge in [0.15, 0.2) is 0 Å². The molecule has 2 rings (SSSR count). The third-order valence-corrected chi connectivity index (χ3v) is 2.66. The molecule has 1 heterocycles. The molecule has 0 spiro atoms. The summed E-state index contributed by atoms with van der Waals surface area (Å²) in [7, 11) is 0. The van der Waals surface area contributed by atoms with Crippen LogP contribution in [0, 0.1) is 12.3 Å². The molecule has 1 atom stereocenters. The Bertz CT molecular complexity index is 526. The predicted octanol–water partition coefficient (Wildman–Crippen LogP) is 1.88. The molecule has 0 bridgehead atoms. The molecule has 0 aliphatic carbocycles. The van der Waals surface area contributed by atoms with Crippen LogP contribution in [-0.4, -0.2) is 26.2 Å². The Labute approximate surface area is 106 Å². The second-order valence-electron chi connectivity index (χ2n) is 3.91. The highest BCUT2D eigenvalue weighted by atomic mass is 15.6. The fourth-order valence-electron chi connectivity index (χ4n) is 1.64. The van der Waals surface area contributed by atoms with Gasteiger partial charge in [-0.25, -0.2) is 0 Å². The summed E-state index contributed by atoms with van der Waals surface area (Å²) in [6.45, 7) is 2.08. The van der Waals surface area contributed by atoms with Crippen LogP contribution in [0.2, 0.25) is 0 Å². The first-order valence-corrected chi connectivity index (χ1v) is 5.89. The molecule has 0 saturated heterocycles. The van der Waals surface area contributed by atoms with E-state index in [1.165, 1.54) is 0 Å². The summed E-state index contributed by atoms with van der Waals surface area (Å²) in [5.74, 6) is 3.26. The Balaban J connectivity index is 2.21. The van der Waals surface area contributed by atoms with Gasteiger partial charge < -0.3 is 5.32 Å². The number of para-hydroxylation sites is 1. The molecule has 0 radical (unpaired) electrons. The zero-order chi connectivity index (χ0) is 12.8. The molecular formula is C13H15N5. The molecule has 0 aliphatic heterocycles. The van der Waals surface area contributed by atoms with Crippen molar-refractivity contribution in [1.82, 2.24) is 20.2 Å². The predicted molar refractivity (Wildman–Crippen MR) is 70.3 cm³/mol. The SMILES string of the molecule is C#CCC(CC)Nc1nnnn1-c1ccccc1. The topological polar surface area (TPSA) is 55.6 Å². The summed E-state index contributed by atoms with van der Waals surface area (Å²) in [4.78, 5) is 0. The van der Waals surface area contributed by atoms with Crippen molar-refractivity contribution in [3.05, 3.63) is 30.3 Å². The highest BCUT2D eigenvalue weighted by Crippen LogP contribution is 2.13. The van der Waals surface area contributed by atoms with E-state index in [-0.39, 0.29) is 6.04 Å². The van der Waals surface area contributed by atoms with Gasteiger partial charge in [-0.2, -0.15) is 4.68 Å². The van der Waals surface area contributed by atoms with Crippen LogP contribution in [0.1, 0.15) is 19.8 Å². The van der Waals surface area contributed by atoms with E-state index in [0.29, 0.717) is 12.4 Å². The van der Waals surface area contributed by atoms with Crippen LogP contribution in [0.4, 0.5) is 5.95 Å². The van der Waals surface area contributed by atoms with Gasteiger partial charge in [0.25, 0.3) is 0 Å². The quantitative estimate of drug-likeness (QED) is 0.812. The first-order chi connectivity index (χ1) is 8.85. The third-order valence-electron chi connectivity index (χ3n) is 2.66. The second-order valence-corrected chi connectivity index (χ2v) is 3.91. The average Bonchev–Trinajstić information content (AvgIpc) is 2.87. The minimum Gasteiger partial charge on any atom is -0.349 e. The van der Waals surface area contributed by atoms with Gasteiger partial charge in [-0.3, -0.25) is 0 Å². The molecule has 18 heavy (non-hydrogen) atoms. The lowest BCUT2D eigenvalue weighted by Crippen LogP contribution is -2.20. The van der Waals surface area contributed by atoms with Crippen molar-refractivity contribution in [2.45, 2.75) is 25.8 Å². The maximum atomic E-state index is 5.33. The first kappa shape index (κ1) is 12.1. The third kappa shape index (κ3) is 2.66. The minimum absolute atomic E-state index is 0.184. The van der Waals surface area contributed by atoms with Crippen LogP contribution >= 0.6 is 0 Å². The van der Waals surface area contributed by atoms with Gasteiger partial charge in [-0.1, -0.05) is 30.2 Å². The maximum Gasteiger partial charge on any atom is 0.248 e. The van der Waals surface area contributed by atoms with Gasteiger partial charge in [0.1, 0.15) is 0 Å². The average molecular weight is 241 g/mol. The Morgan fingerprint density at radius 3 is 2.83 bits per heavy atom. The van der Waals surface area contributed by atoms with E-state index >= 15 is 0 Å². The molecule has 0 fully saturated rings. The van der Waals surface area contributed by atoms with E-state index in [1.54, 1.807) is 4.68 Å². The lowest BCUT2D eigenvalue weighted by atomic mass is 10.2. The van der Waals surface area contributed by atoms with Crippen LogP contribution in [0.25, 0.3) is 5.69 Å². The number of nitrogens with zero attached hydrogens (tertiary/aromatic N) is 4. The van der Waals surface area contributed by atoms with Crippen LogP contribution in [0.3, 0.4) is 0 Å². The summed E-state index contributed by atoms with van der Waals surface area (Å²) in [6.07, 6.45) is 6.91. The van der Waals surface area contributed by atoms with Crippen LogP contribution < -0.4 is 5.32 Å². The van der Waals surface area contributed by atoms with Crippen molar-refractivity contribution in [1.29, 1.82) is 0 Å². The van der Waals surface area contributed by atoms with Gasteiger partial charge >= 0.3 is 0 Å². The Kier molecular flexibility index (Phi) is 3.92. The van der Waals surface area contributed by atoms with E-state index in [1.807, 2.05) is 30.3 Å². The lowest BCUT2D eigenvalue weighted by Gasteiger charge is -2.14. The molecular weight excluding hydrogens is 226 g/mol.